The molecular weight excluding hydrogens is 417 g/mol. The smallest absolute Gasteiger partial charge is 0.154 e. The molecule has 0 unspecified atom stereocenters. The Kier molecular flexibility index (Phi) is 5.08. The summed E-state index contributed by atoms with van der Waals surface area (Å²) in [4.78, 5) is 7.94. The van der Waals surface area contributed by atoms with E-state index in [0.717, 1.165) is 0 Å². The summed E-state index contributed by atoms with van der Waals surface area (Å²) in [6, 6.07) is 6.62. The number of hydrogen-bond donors (Lipinski definition) is 1. The lowest BCUT2D eigenvalue weighted by Crippen LogP contribution is -1.95. The van der Waals surface area contributed by atoms with Gasteiger partial charge in [0.2, 0.25) is 0 Å². The summed E-state index contributed by atoms with van der Waals surface area (Å²) in [7, 11) is 0. The molecule has 0 radical (unpaired) electrons. The zero-order chi connectivity index (χ0) is 17.1. The molecule has 0 atom stereocenters. The zero-order valence-corrected chi connectivity index (χ0v) is 15.1. The van der Waals surface area contributed by atoms with Gasteiger partial charge in [-0.15, -0.1) is 0 Å². The first-order valence-electron chi connectivity index (χ1n) is 6.67. The fourth-order valence-electron chi connectivity index (χ4n) is 1.87. The average Bonchev–Trinajstić information content (AvgIpc) is 2.52. The molecule has 8 heteroatoms. The molecular formula is C16H10BrCl2N3O2. The van der Waals surface area contributed by atoms with E-state index in [0.29, 0.717) is 43.2 Å². The third-order valence-electron chi connectivity index (χ3n) is 2.88. The van der Waals surface area contributed by atoms with Gasteiger partial charge in [-0.1, -0.05) is 23.2 Å². The van der Waals surface area contributed by atoms with Crippen molar-refractivity contribution in [3.05, 3.63) is 63.6 Å². The van der Waals surface area contributed by atoms with E-state index in [9.17, 15) is 0 Å². The molecule has 0 saturated heterocycles. The van der Waals surface area contributed by atoms with Crippen molar-refractivity contribution in [3.63, 3.8) is 0 Å². The van der Waals surface area contributed by atoms with Crippen LogP contribution in [-0.2, 0) is 0 Å². The Morgan fingerprint density at radius 2 is 1.33 bits per heavy atom. The van der Waals surface area contributed by atoms with Crippen molar-refractivity contribution in [2.45, 2.75) is 0 Å². The van der Waals surface area contributed by atoms with Gasteiger partial charge in [-0.05, 0) is 22.0 Å². The number of benzene rings is 1. The summed E-state index contributed by atoms with van der Waals surface area (Å²) in [5.41, 5.74) is 6.43. The van der Waals surface area contributed by atoms with Crippen molar-refractivity contribution >= 4 is 44.8 Å². The quantitative estimate of drug-likeness (QED) is 0.540. The van der Waals surface area contributed by atoms with Gasteiger partial charge in [-0.25, -0.2) is 0 Å². The number of anilines is 1. The molecule has 0 aliphatic rings. The number of hydrogen-bond acceptors (Lipinski definition) is 5. The van der Waals surface area contributed by atoms with Crippen LogP contribution in [0.4, 0.5) is 5.69 Å². The van der Waals surface area contributed by atoms with Crippen molar-refractivity contribution < 1.29 is 9.47 Å². The molecule has 3 rings (SSSR count). The lowest BCUT2D eigenvalue weighted by Gasteiger charge is -2.13. The number of nitrogens with zero attached hydrogens (tertiary/aromatic N) is 2. The van der Waals surface area contributed by atoms with Crippen LogP contribution in [0.15, 0.2) is 53.5 Å². The summed E-state index contributed by atoms with van der Waals surface area (Å²) in [6.45, 7) is 0. The van der Waals surface area contributed by atoms with E-state index in [1.807, 2.05) is 0 Å². The maximum atomic E-state index is 6.00. The van der Waals surface area contributed by atoms with E-state index in [2.05, 4.69) is 25.9 Å². The minimum atomic E-state index is 0.409. The highest BCUT2D eigenvalue weighted by Crippen LogP contribution is 2.39. The number of rotatable bonds is 4. The number of aromatic nitrogens is 2. The molecule has 3 aromatic rings. The Bertz CT molecular complexity index is 824. The number of halogens is 3. The molecule has 2 N–H and O–H groups in total. The van der Waals surface area contributed by atoms with Gasteiger partial charge >= 0.3 is 0 Å². The van der Waals surface area contributed by atoms with Crippen LogP contribution in [-0.4, -0.2) is 9.97 Å². The van der Waals surface area contributed by atoms with Crippen LogP contribution < -0.4 is 15.2 Å². The van der Waals surface area contributed by atoms with Gasteiger partial charge in [-0.2, -0.15) is 0 Å². The summed E-state index contributed by atoms with van der Waals surface area (Å²) >= 11 is 15.2. The van der Waals surface area contributed by atoms with Gasteiger partial charge in [0, 0.05) is 30.6 Å². The molecule has 24 heavy (non-hydrogen) atoms. The molecule has 2 aromatic heterocycles. The Morgan fingerprint density at radius 1 is 0.792 bits per heavy atom. The monoisotopic (exact) mass is 425 g/mol. The lowest BCUT2D eigenvalue weighted by molar-refractivity contribution is 0.457. The van der Waals surface area contributed by atoms with Crippen molar-refractivity contribution in [2.24, 2.45) is 0 Å². The standard InChI is InChI=1S/C16H10BrCl2N3O2/c17-13-3-14(20)16(24-12-2-10(19)6-22-8-12)4-15(13)23-11-1-9(18)5-21-7-11/h1-8H,20H2. The molecule has 0 saturated carbocycles. The minimum absolute atomic E-state index is 0.409. The number of nitrogens with two attached hydrogens (primary N) is 1. The minimum Gasteiger partial charge on any atom is -0.454 e. The molecule has 0 amide bonds. The number of pyridine rings is 2. The van der Waals surface area contributed by atoms with Crippen LogP contribution in [0.5, 0.6) is 23.0 Å². The molecule has 2 heterocycles. The van der Waals surface area contributed by atoms with Crippen LogP contribution in [0.25, 0.3) is 0 Å². The van der Waals surface area contributed by atoms with Crippen LogP contribution >= 0.6 is 39.1 Å². The Morgan fingerprint density at radius 3 is 1.88 bits per heavy atom. The molecule has 0 fully saturated rings. The molecule has 5 nitrogen and oxygen atoms in total. The average molecular weight is 427 g/mol. The summed E-state index contributed by atoms with van der Waals surface area (Å²) in [5, 5.41) is 0.935. The predicted octanol–water partition coefficient (Wildman–Crippen LogP) is 5.71. The van der Waals surface area contributed by atoms with Crippen molar-refractivity contribution in [2.75, 3.05) is 5.73 Å². The fraction of sp³-hybridized carbons (Fsp3) is 0. The van der Waals surface area contributed by atoms with Gasteiger partial charge in [-0.3, -0.25) is 9.97 Å². The lowest BCUT2D eigenvalue weighted by atomic mass is 10.2. The highest BCUT2D eigenvalue weighted by atomic mass is 79.9. The second-order valence-electron chi connectivity index (χ2n) is 4.70. The second-order valence-corrected chi connectivity index (χ2v) is 6.43. The van der Waals surface area contributed by atoms with E-state index in [1.54, 1.807) is 30.5 Å². The van der Waals surface area contributed by atoms with E-state index in [4.69, 9.17) is 38.4 Å². The highest BCUT2D eigenvalue weighted by molar-refractivity contribution is 9.10. The summed E-state index contributed by atoms with van der Waals surface area (Å²) in [5.74, 6) is 1.86. The fourth-order valence-corrected chi connectivity index (χ4v) is 2.64. The summed E-state index contributed by atoms with van der Waals surface area (Å²) < 4.78 is 12.2. The van der Waals surface area contributed by atoms with E-state index < -0.39 is 0 Å². The van der Waals surface area contributed by atoms with E-state index >= 15 is 0 Å². The second kappa shape index (κ2) is 7.25. The first-order valence-corrected chi connectivity index (χ1v) is 8.22. The van der Waals surface area contributed by atoms with Crippen LogP contribution in [0.1, 0.15) is 0 Å². The third kappa shape index (κ3) is 4.08. The van der Waals surface area contributed by atoms with Gasteiger partial charge < -0.3 is 15.2 Å². The van der Waals surface area contributed by atoms with Gasteiger partial charge in [0.25, 0.3) is 0 Å². The highest BCUT2D eigenvalue weighted by Gasteiger charge is 2.11. The topological polar surface area (TPSA) is 70.3 Å². The largest absolute Gasteiger partial charge is 0.454 e. The Labute approximate surface area is 156 Å². The zero-order valence-electron chi connectivity index (χ0n) is 12.0. The Hall–Kier alpha value is -2.02. The van der Waals surface area contributed by atoms with Crippen LogP contribution in [0.2, 0.25) is 10.0 Å². The first-order chi connectivity index (χ1) is 11.5. The number of nitrogen functional groups attached to an aromatic ring is 1. The maximum absolute atomic E-state index is 6.00. The molecule has 0 aliphatic carbocycles. The van der Waals surface area contributed by atoms with Gasteiger partial charge in [0.15, 0.2) is 5.75 Å². The van der Waals surface area contributed by atoms with Crippen LogP contribution in [0, 0.1) is 0 Å². The van der Waals surface area contributed by atoms with Crippen LogP contribution in [0.3, 0.4) is 0 Å². The van der Waals surface area contributed by atoms with E-state index in [1.165, 1.54) is 18.6 Å². The molecule has 0 aliphatic heterocycles. The van der Waals surface area contributed by atoms with Crippen molar-refractivity contribution in [1.82, 2.24) is 9.97 Å². The maximum Gasteiger partial charge on any atom is 0.154 e. The predicted molar refractivity (Wildman–Crippen MR) is 97.2 cm³/mol. The molecule has 122 valence electrons. The third-order valence-corrected chi connectivity index (χ3v) is 3.91. The molecule has 1 aromatic carbocycles. The molecule has 0 spiro atoms. The van der Waals surface area contributed by atoms with Gasteiger partial charge in [0.05, 0.1) is 32.6 Å². The van der Waals surface area contributed by atoms with Gasteiger partial charge in [0.1, 0.15) is 17.2 Å². The molecule has 0 bridgehead atoms. The number of ether oxygens (including phenoxy) is 2. The normalized spacial score (nSPS) is 10.5. The SMILES string of the molecule is Nc1cc(Br)c(Oc2cncc(Cl)c2)cc1Oc1cncc(Cl)c1. The van der Waals surface area contributed by atoms with Crippen molar-refractivity contribution in [3.8, 4) is 23.0 Å². The first kappa shape index (κ1) is 16.8. The summed E-state index contributed by atoms with van der Waals surface area (Å²) in [6.07, 6.45) is 6.12. The Balaban J connectivity index is 1.91. The van der Waals surface area contributed by atoms with E-state index in [-0.39, 0.29) is 0 Å². The van der Waals surface area contributed by atoms with Crippen molar-refractivity contribution in [1.29, 1.82) is 0 Å².